The van der Waals surface area contributed by atoms with E-state index in [9.17, 15) is 28.4 Å². The molecule has 0 radical (unpaired) electrons. The molecule has 0 aliphatic carbocycles. The van der Waals surface area contributed by atoms with Gasteiger partial charge in [0.2, 0.25) is 0 Å². The van der Waals surface area contributed by atoms with Crippen molar-refractivity contribution < 1.29 is 69.4 Å². The van der Waals surface area contributed by atoms with Gasteiger partial charge in [0.1, 0.15) is 6.61 Å². The first kappa shape index (κ1) is 17.9. The van der Waals surface area contributed by atoms with E-state index in [4.69, 9.17) is 36.4 Å². The largest absolute Gasteiger partial charge is 0.668 e. The highest BCUT2D eigenvalue weighted by molar-refractivity contribution is 7.50. The first-order chi connectivity index (χ1) is 14.4. The normalized spacial score (nSPS) is 55.8. The van der Waals surface area contributed by atoms with Crippen molar-refractivity contribution in [3.8, 4) is 11.6 Å². The first-order valence-electron chi connectivity index (χ1n) is 8.02. The number of phosphoric ester groups is 3. The van der Waals surface area contributed by atoms with Gasteiger partial charge in [-0.1, -0.05) is 4.73 Å². The highest BCUT2D eigenvalue weighted by Gasteiger charge is 3.02. The lowest BCUT2D eigenvalue weighted by molar-refractivity contribution is -0.398. The Hall–Kier alpha value is -1.59. The molecule has 8 aliphatic rings. The Morgan fingerprint density at radius 1 is 0.935 bits per heavy atom. The molecule has 22 heteroatoms. The molecule has 8 aliphatic heterocycles. The van der Waals surface area contributed by atoms with Crippen LogP contribution in [0.15, 0.2) is 9.59 Å². The fraction of sp³-hybridized carbons (Fsp3) is 0.556. The van der Waals surface area contributed by atoms with Crippen molar-refractivity contribution in [1.82, 2.24) is 9.30 Å². The van der Waals surface area contributed by atoms with Crippen LogP contribution in [0.25, 0.3) is 0 Å². The Bertz CT molecular complexity index is 1450. The van der Waals surface area contributed by atoms with Crippen molar-refractivity contribution in [2.45, 2.75) is 23.3 Å². The smallest absolute Gasteiger partial charge is 0.373 e. The molecule has 1 N–H and O–H groups in total. The van der Waals surface area contributed by atoms with Crippen LogP contribution >= 0.6 is 23.5 Å². The molecule has 31 heavy (non-hydrogen) atoms. The van der Waals surface area contributed by atoms with Gasteiger partial charge in [-0.2, -0.15) is 9.13 Å². The van der Waals surface area contributed by atoms with Crippen LogP contribution in [0, 0.1) is 0 Å². The van der Waals surface area contributed by atoms with E-state index in [1.165, 1.54) is 0 Å². The van der Waals surface area contributed by atoms with Gasteiger partial charge in [-0.25, -0.2) is 41.4 Å². The van der Waals surface area contributed by atoms with E-state index in [1.807, 2.05) is 0 Å². The second kappa shape index (κ2) is 4.31. The van der Waals surface area contributed by atoms with Crippen molar-refractivity contribution >= 4 is 23.5 Å². The minimum Gasteiger partial charge on any atom is -0.373 e. The first-order valence-corrected chi connectivity index (χ1v) is 12.4. The van der Waals surface area contributed by atoms with Crippen LogP contribution in [-0.2, 0) is 56.5 Å². The summed E-state index contributed by atoms with van der Waals surface area (Å²) in [6, 6.07) is 0. The standard InChI is InChI=1S/C9H3N2O17P3/c12-3-2-4-10(5(13)11(3)27-29(15,19-2)20-4)9-8-7(14)6(21-9,22-30(16,24-8)26-9)1-18-28-31(17,23-7)25-8/h14H,1H2/t6-,7+,8?,9-,29?,30?,31?/m1/s1. The van der Waals surface area contributed by atoms with E-state index < -0.39 is 76.2 Å². The highest BCUT2D eigenvalue weighted by Crippen LogP contribution is 2.88. The third-order valence-electron chi connectivity index (χ3n) is 5.31. The van der Waals surface area contributed by atoms with E-state index in [2.05, 4.69) is 14.2 Å². The molecule has 19 nitrogen and oxygen atoms in total. The predicted octanol–water partition coefficient (Wildman–Crippen LogP) is -1.65. The van der Waals surface area contributed by atoms with Crippen molar-refractivity contribution in [3.05, 3.63) is 20.8 Å². The van der Waals surface area contributed by atoms with Crippen LogP contribution in [0.5, 0.6) is 11.6 Å². The molecule has 1 aromatic heterocycles. The maximum absolute atomic E-state index is 13.1. The number of fused-ring (bicyclic) bond motifs is 3. The average molecular weight is 504 g/mol. The molecule has 1 aromatic rings. The summed E-state index contributed by atoms with van der Waals surface area (Å²) in [5.41, 5.74) is -2.68. The summed E-state index contributed by atoms with van der Waals surface area (Å²) in [6.45, 7) is -0.931. The lowest BCUT2D eigenvalue weighted by Crippen LogP contribution is -2.67. The quantitative estimate of drug-likeness (QED) is 0.335. The molecule has 9 heterocycles. The highest BCUT2D eigenvalue weighted by atomic mass is 31.2. The van der Waals surface area contributed by atoms with Gasteiger partial charge >= 0.3 is 46.4 Å². The molecule has 0 amide bonds. The van der Waals surface area contributed by atoms with Gasteiger partial charge < -0.3 is 14.2 Å². The molecule has 0 saturated carbocycles. The number of aromatic nitrogens is 2. The molecule has 9 rings (SSSR count). The lowest BCUT2D eigenvalue weighted by atomic mass is 9.98. The summed E-state index contributed by atoms with van der Waals surface area (Å²) < 4.78 is 88.8. The fourth-order valence-corrected chi connectivity index (χ4v) is 8.79. The summed E-state index contributed by atoms with van der Waals surface area (Å²) in [5, 5.41) is 11.3. The molecule has 0 aromatic carbocycles. The van der Waals surface area contributed by atoms with Crippen LogP contribution < -0.4 is 24.9 Å². The maximum Gasteiger partial charge on any atom is 0.668 e. The number of hydrogen-bond donors (Lipinski definition) is 1. The zero-order valence-electron chi connectivity index (χ0n) is 13.9. The number of rotatable bonds is 1. The van der Waals surface area contributed by atoms with Crippen molar-refractivity contribution in [1.29, 1.82) is 0 Å². The van der Waals surface area contributed by atoms with E-state index in [-0.39, 0.29) is 9.30 Å². The molecule has 166 valence electrons. The summed E-state index contributed by atoms with van der Waals surface area (Å²) in [5.74, 6) is -13.4. The van der Waals surface area contributed by atoms with Gasteiger partial charge in [-0.05, 0) is 0 Å². The van der Waals surface area contributed by atoms with Crippen LogP contribution in [0.2, 0.25) is 0 Å². The number of nitrogens with zero attached hydrogens (tertiary/aromatic N) is 2. The fourth-order valence-electron chi connectivity index (χ4n) is 4.25. The minimum absolute atomic E-state index is 0.0158. The summed E-state index contributed by atoms with van der Waals surface area (Å²) in [6.07, 6.45) is 0. The Morgan fingerprint density at radius 2 is 1.71 bits per heavy atom. The van der Waals surface area contributed by atoms with Crippen LogP contribution in [-0.4, -0.2) is 38.4 Å². The zero-order valence-corrected chi connectivity index (χ0v) is 16.6. The third kappa shape index (κ3) is 1.51. The van der Waals surface area contributed by atoms with E-state index in [0.29, 0.717) is 0 Å². The SMILES string of the molecule is O=c1c2c3n([C@@]45O[C@]67COOP8(=O)OC4(OP(=O)(O5)O6)[C@@]7(O)O8)c(=O)n1OP(=O)(O2)O3. The molecular weight excluding hydrogens is 501 g/mol. The van der Waals surface area contributed by atoms with Gasteiger partial charge in [0.05, 0.1) is 0 Å². The maximum atomic E-state index is 13.1. The molecular formula is C9H3N2O17P3. The van der Waals surface area contributed by atoms with E-state index in [1.54, 1.807) is 0 Å². The Kier molecular flexibility index (Phi) is 2.49. The number of aliphatic hydroxyl groups is 1. The number of hydrogen-bond acceptors (Lipinski definition) is 17. The van der Waals surface area contributed by atoms with Crippen LogP contribution in [0.1, 0.15) is 0 Å². The molecule has 2 spiro atoms. The zero-order chi connectivity index (χ0) is 21.4. The molecule has 9 bridgehead atoms. The van der Waals surface area contributed by atoms with Gasteiger partial charge in [-0.15, -0.1) is 4.67 Å². The minimum atomic E-state index is -4.82. The van der Waals surface area contributed by atoms with Crippen molar-refractivity contribution in [3.63, 3.8) is 0 Å². The van der Waals surface area contributed by atoms with Gasteiger partial charge in [0.25, 0.3) is 23.2 Å². The van der Waals surface area contributed by atoms with Gasteiger partial charge in [-0.3, -0.25) is 14.2 Å². The Balaban J connectivity index is 1.52. The summed E-state index contributed by atoms with van der Waals surface area (Å²) >= 11 is 0. The second-order valence-corrected chi connectivity index (χ2v) is 11.2. The molecule has 6 fully saturated rings. The van der Waals surface area contributed by atoms with Gasteiger partial charge in [0.15, 0.2) is 0 Å². The number of phosphoric acid groups is 3. The van der Waals surface area contributed by atoms with Gasteiger partial charge in [0, 0.05) is 0 Å². The Labute approximate surface area is 165 Å². The molecule has 6 saturated heterocycles. The van der Waals surface area contributed by atoms with Crippen LogP contribution in [0.4, 0.5) is 0 Å². The van der Waals surface area contributed by atoms with Crippen molar-refractivity contribution in [2.75, 3.05) is 6.61 Å². The van der Waals surface area contributed by atoms with Crippen LogP contribution in [0.3, 0.4) is 0 Å². The monoisotopic (exact) mass is 504 g/mol. The van der Waals surface area contributed by atoms with Crippen molar-refractivity contribution in [2.24, 2.45) is 0 Å². The number of ether oxygens (including phenoxy) is 1. The topological polar surface area (TPSA) is 217 Å². The lowest BCUT2D eigenvalue weighted by Gasteiger charge is -2.41. The van der Waals surface area contributed by atoms with E-state index in [0.717, 1.165) is 0 Å². The second-order valence-electron chi connectivity index (χ2n) is 6.95. The molecule has 7 atom stereocenters. The predicted molar refractivity (Wildman–Crippen MR) is 77.6 cm³/mol. The van der Waals surface area contributed by atoms with E-state index >= 15 is 0 Å². The third-order valence-corrected chi connectivity index (χ3v) is 9.21. The average Bonchev–Trinajstić information content (AvgIpc) is 3.11. The summed E-state index contributed by atoms with van der Waals surface area (Å²) in [4.78, 5) is 30.0. The molecule has 4 unspecified atom stereocenters. The summed E-state index contributed by atoms with van der Waals surface area (Å²) in [7, 11) is -14.1. The Morgan fingerprint density at radius 3 is 2.52 bits per heavy atom.